The Morgan fingerprint density at radius 3 is 2.09 bits per heavy atom. The van der Waals surface area contributed by atoms with Gasteiger partial charge in [-0.15, -0.1) is 0 Å². The number of carbonyl (C=O) groups is 1. The Bertz CT molecular complexity index is 188. The minimum Gasteiger partial charge on any atom is -0.521 e. The van der Waals surface area contributed by atoms with Crippen LogP contribution >= 0.6 is 0 Å². The normalized spacial score (nSPS) is 18.3. The quantitative estimate of drug-likeness (QED) is 0.390. The van der Waals surface area contributed by atoms with E-state index in [0.717, 1.165) is 0 Å². The van der Waals surface area contributed by atoms with Crippen molar-refractivity contribution in [3.63, 3.8) is 0 Å². The number of carbonyl (C=O) groups excluding carboxylic acids is 1. The molecule has 3 nitrogen and oxygen atoms in total. The first-order chi connectivity index (χ1) is 4.91. The Balaban J connectivity index is 2.68. The van der Waals surface area contributed by atoms with E-state index in [2.05, 4.69) is 6.58 Å². The molecule has 0 saturated carbocycles. The van der Waals surface area contributed by atoms with Crippen LogP contribution in [0.4, 0.5) is 0 Å². The van der Waals surface area contributed by atoms with Crippen LogP contribution < -0.4 is 0 Å². The zero-order valence-electron chi connectivity index (χ0n) is 7.01. The Morgan fingerprint density at radius 2 is 1.91 bits per heavy atom. The van der Waals surface area contributed by atoms with Crippen molar-refractivity contribution >= 4 is 13.1 Å². The van der Waals surface area contributed by atoms with E-state index in [1.54, 1.807) is 0 Å². The first-order valence-corrected chi connectivity index (χ1v) is 3.48. The molecule has 0 aromatic heterocycles. The molecule has 0 spiro atoms. The maximum atomic E-state index is 10.8. The molecule has 0 N–H and O–H groups in total. The van der Waals surface area contributed by atoms with Gasteiger partial charge in [-0.25, -0.2) is 4.79 Å². The largest absolute Gasteiger partial charge is 0.602 e. The summed E-state index contributed by atoms with van der Waals surface area (Å²) in [5.41, 5.74) is 0. The maximum Gasteiger partial charge on any atom is 0.602 e. The van der Waals surface area contributed by atoms with E-state index >= 15 is 0 Å². The van der Waals surface area contributed by atoms with Crippen LogP contribution in [0.25, 0.3) is 0 Å². The second-order valence-electron chi connectivity index (χ2n) is 3.64. The first kappa shape index (κ1) is 8.17. The van der Waals surface area contributed by atoms with Crippen LogP contribution in [0.1, 0.15) is 20.8 Å². The topological polar surface area (TPSA) is 35.5 Å². The van der Waals surface area contributed by atoms with E-state index in [1.165, 1.54) is 0 Å². The van der Waals surface area contributed by atoms with Crippen molar-refractivity contribution in [2.75, 3.05) is 0 Å². The number of rotatable bonds is 0. The molecule has 0 amide bonds. The fourth-order valence-electron chi connectivity index (χ4n) is 0.718. The minimum absolute atomic E-state index is 0.102. The summed E-state index contributed by atoms with van der Waals surface area (Å²) in [6.07, 6.45) is 0. The average molecular weight is 154 g/mol. The second-order valence-corrected chi connectivity index (χ2v) is 3.64. The SMILES string of the molecule is C=C1OB(C(C)(C)C)OC1=O. The average Bonchev–Trinajstić information content (AvgIpc) is 2.11. The van der Waals surface area contributed by atoms with E-state index in [9.17, 15) is 4.79 Å². The zero-order valence-corrected chi connectivity index (χ0v) is 7.01. The van der Waals surface area contributed by atoms with Gasteiger partial charge in [-0.05, 0) is 0 Å². The van der Waals surface area contributed by atoms with Gasteiger partial charge in [0.05, 0.1) is 0 Å². The van der Waals surface area contributed by atoms with Crippen molar-refractivity contribution in [2.24, 2.45) is 0 Å². The number of hydrogen-bond acceptors (Lipinski definition) is 3. The molecule has 1 heterocycles. The van der Waals surface area contributed by atoms with Gasteiger partial charge in [0.1, 0.15) is 0 Å². The standard InChI is InChI=1S/C7H11BO3/c1-5-6(9)11-8(10-5)7(2,3)4/h1H2,2-4H3. The molecule has 0 atom stereocenters. The van der Waals surface area contributed by atoms with Gasteiger partial charge < -0.3 is 9.31 Å². The summed E-state index contributed by atoms with van der Waals surface area (Å²) < 4.78 is 9.95. The zero-order chi connectivity index (χ0) is 8.65. The molecular formula is C7H11BO3. The third-order valence-electron chi connectivity index (χ3n) is 1.40. The lowest BCUT2D eigenvalue weighted by Crippen LogP contribution is -2.27. The summed E-state index contributed by atoms with van der Waals surface area (Å²) in [5.74, 6) is -0.352. The van der Waals surface area contributed by atoms with E-state index in [-0.39, 0.29) is 11.1 Å². The van der Waals surface area contributed by atoms with Crippen molar-refractivity contribution in [3.8, 4) is 0 Å². The Kier molecular flexibility index (Phi) is 1.70. The van der Waals surface area contributed by atoms with Crippen LogP contribution in [0.15, 0.2) is 12.3 Å². The third-order valence-corrected chi connectivity index (χ3v) is 1.40. The molecule has 11 heavy (non-hydrogen) atoms. The van der Waals surface area contributed by atoms with Gasteiger partial charge in [0.2, 0.25) is 0 Å². The lowest BCUT2D eigenvalue weighted by Gasteiger charge is -2.17. The van der Waals surface area contributed by atoms with Crippen LogP contribution in [0.2, 0.25) is 5.31 Å². The highest BCUT2D eigenvalue weighted by Crippen LogP contribution is 2.32. The molecule has 1 saturated heterocycles. The van der Waals surface area contributed by atoms with Gasteiger partial charge in [0.15, 0.2) is 5.76 Å². The van der Waals surface area contributed by atoms with Gasteiger partial charge in [-0.2, -0.15) is 0 Å². The molecule has 60 valence electrons. The summed E-state index contributed by atoms with van der Waals surface area (Å²) in [4.78, 5) is 10.8. The molecule has 0 unspecified atom stereocenters. The fourth-order valence-corrected chi connectivity index (χ4v) is 0.718. The summed E-state index contributed by atoms with van der Waals surface area (Å²) >= 11 is 0. The molecule has 1 fully saturated rings. The van der Waals surface area contributed by atoms with Crippen molar-refractivity contribution in [1.82, 2.24) is 0 Å². The van der Waals surface area contributed by atoms with Crippen molar-refractivity contribution in [3.05, 3.63) is 12.3 Å². The monoisotopic (exact) mass is 154 g/mol. The van der Waals surface area contributed by atoms with Crippen LogP contribution in [-0.4, -0.2) is 13.1 Å². The van der Waals surface area contributed by atoms with Crippen LogP contribution in [-0.2, 0) is 14.1 Å². The lowest BCUT2D eigenvalue weighted by atomic mass is 9.61. The lowest BCUT2D eigenvalue weighted by molar-refractivity contribution is -0.129. The summed E-state index contributed by atoms with van der Waals surface area (Å²) in [5, 5.41) is -0.185. The molecule has 0 bridgehead atoms. The van der Waals surface area contributed by atoms with Crippen molar-refractivity contribution in [2.45, 2.75) is 26.1 Å². The van der Waals surface area contributed by atoms with Gasteiger partial charge in [0, 0.05) is 5.31 Å². The van der Waals surface area contributed by atoms with Crippen LogP contribution in [0.5, 0.6) is 0 Å². The first-order valence-electron chi connectivity index (χ1n) is 3.48. The van der Waals surface area contributed by atoms with Gasteiger partial charge in [0.25, 0.3) is 0 Å². The predicted molar refractivity (Wildman–Crippen MR) is 41.8 cm³/mol. The number of hydrogen-bond donors (Lipinski definition) is 0. The molecule has 1 aliphatic rings. The summed E-state index contributed by atoms with van der Waals surface area (Å²) in [6.45, 7) is 9.20. The van der Waals surface area contributed by atoms with Crippen LogP contribution in [0, 0.1) is 0 Å². The highest BCUT2D eigenvalue weighted by atomic mass is 16.7. The minimum atomic E-state index is -0.484. The van der Waals surface area contributed by atoms with E-state index < -0.39 is 13.1 Å². The molecular weight excluding hydrogens is 143 g/mol. The Labute approximate surface area is 66.5 Å². The second kappa shape index (κ2) is 2.29. The Hall–Kier alpha value is -0.925. The third kappa shape index (κ3) is 1.56. The summed E-state index contributed by atoms with van der Waals surface area (Å²) in [7, 11) is -0.484. The van der Waals surface area contributed by atoms with Crippen molar-refractivity contribution in [1.29, 1.82) is 0 Å². The van der Waals surface area contributed by atoms with E-state index in [0.29, 0.717) is 0 Å². The molecule has 4 heteroatoms. The van der Waals surface area contributed by atoms with Gasteiger partial charge in [-0.1, -0.05) is 27.4 Å². The van der Waals surface area contributed by atoms with E-state index in [1.807, 2.05) is 20.8 Å². The molecule has 0 aromatic rings. The highest BCUT2D eigenvalue weighted by Gasteiger charge is 2.45. The molecule has 1 aliphatic heterocycles. The van der Waals surface area contributed by atoms with Crippen LogP contribution in [0.3, 0.4) is 0 Å². The smallest absolute Gasteiger partial charge is 0.521 e. The van der Waals surface area contributed by atoms with Gasteiger partial charge >= 0.3 is 13.1 Å². The maximum absolute atomic E-state index is 10.8. The van der Waals surface area contributed by atoms with Gasteiger partial charge in [-0.3, -0.25) is 0 Å². The molecule has 0 aromatic carbocycles. The Morgan fingerprint density at radius 1 is 1.36 bits per heavy atom. The predicted octanol–water partition coefficient (Wildman–Crippen LogP) is 1.36. The fraction of sp³-hybridized carbons (Fsp3) is 0.571. The molecule has 0 aliphatic carbocycles. The van der Waals surface area contributed by atoms with E-state index in [4.69, 9.17) is 9.31 Å². The highest BCUT2D eigenvalue weighted by molar-refractivity contribution is 6.53. The van der Waals surface area contributed by atoms with Crippen molar-refractivity contribution < 1.29 is 14.1 Å². The summed E-state index contributed by atoms with van der Waals surface area (Å²) in [6, 6.07) is 0. The molecule has 0 radical (unpaired) electrons. The molecule has 1 rings (SSSR count).